The van der Waals surface area contributed by atoms with E-state index in [4.69, 9.17) is 5.73 Å². The molecule has 0 aromatic heterocycles. The number of carbonyl (C=O) groups excluding carboxylic acids is 1. The summed E-state index contributed by atoms with van der Waals surface area (Å²) < 4.78 is 0. The van der Waals surface area contributed by atoms with Crippen molar-refractivity contribution in [3.63, 3.8) is 0 Å². The summed E-state index contributed by atoms with van der Waals surface area (Å²) in [5.74, 6) is 1.96. The van der Waals surface area contributed by atoms with Crippen molar-refractivity contribution in [2.24, 2.45) is 28.5 Å². The maximum atomic E-state index is 12.1. The maximum Gasteiger partial charge on any atom is 0.346 e. The summed E-state index contributed by atoms with van der Waals surface area (Å²) in [6, 6.07) is -0.197. The predicted molar refractivity (Wildman–Crippen MR) is 78.0 cm³/mol. The second-order valence-electron chi connectivity index (χ2n) is 6.34. The van der Waals surface area contributed by atoms with E-state index in [1.807, 2.05) is 4.90 Å². The second kappa shape index (κ2) is 4.99. The first-order valence-electron chi connectivity index (χ1n) is 7.20. The molecule has 2 aliphatic rings. The van der Waals surface area contributed by atoms with Gasteiger partial charge in [0.25, 0.3) is 0 Å². The quantitative estimate of drug-likeness (QED) is 0.796. The Bertz CT molecular complexity index is 416. The third-order valence-electron chi connectivity index (χ3n) is 4.73. The molecule has 3 atom stereocenters. The van der Waals surface area contributed by atoms with Gasteiger partial charge >= 0.3 is 6.03 Å². The second-order valence-corrected chi connectivity index (χ2v) is 6.34. The Hall–Kier alpha value is -1.32. The Morgan fingerprint density at radius 2 is 2.26 bits per heavy atom. The molecule has 1 saturated carbocycles. The van der Waals surface area contributed by atoms with Gasteiger partial charge in [0, 0.05) is 6.54 Å². The minimum atomic E-state index is -0.378. The molecule has 3 unspecified atom stereocenters. The lowest BCUT2D eigenvalue weighted by molar-refractivity contribution is 0.0559. The van der Waals surface area contributed by atoms with E-state index in [9.17, 15) is 4.79 Å². The van der Waals surface area contributed by atoms with Gasteiger partial charge in [0.1, 0.15) is 11.4 Å². The molecule has 0 aromatic carbocycles. The molecule has 0 radical (unpaired) electrons. The van der Waals surface area contributed by atoms with Crippen molar-refractivity contribution in [2.75, 3.05) is 6.54 Å². The molecular formula is C15H25N3O. The van der Waals surface area contributed by atoms with Gasteiger partial charge in [-0.3, -0.25) is 0 Å². The third kappa shape index (κ3) is 2.07. The van der Waals surface area contributed by atoms with Crippen molar-refractivity contribution in [3.05, 3.63) is 12.7 Å². The molecule has 2 rings (SSSR count). The molecule has 19 heavy (non-hydrogen) atoms. The summed E-state index contributed by atoms with van der Waals surface area (Å²) in [7, 11) is 0. The van der Waals surface area contributed by atoms with Crippen LogP contribution in [0.3, 0.4) is 0 Å². The highest BCUT2D eigenvalue weighted by atomic mass is 16.2. The molecule has 1 heterocycles. The van der Waals surface area contributed by atoms with Gasteiger partial charge in [0.2, 0.25) is 0 Å². The Kier molecular flexibility index (Phi) is 3.70. The first-order chi connectivity index (χ1) is 8.93. The number of nitrogens with zero attached hydrogens (tertiary/aromatic N) is 2. The van der Waals surface area contributed by atoms with Gasteiger partial charge < -0.3 is 10.6 Å². The van der Waals surface area contributed by atoms with Crippen molar-refractivity contribution in [1.82, 2.24) is 4.90 Å². The van der Waals surface area contributed by atoms with Gasteiger partial charge in [-0.25, -0.2) is 4.79 Å². The molecule has 4 heteroatoms. The predicted octanol–water partition coefficient (Wildman–Crippen LogP) is 2.80. The highest BCUT2D eigenvalue weighted by Crippen LogP contribution is 2.47. The van der Waals surface area contributed by atoms with Crippen LogP contribution in [0.1, 0.15) is 40.0 Å². The molecule has 1 spiro atoms. The summed E-state index contributed by atoms with van der Waals surface area (Å²) in [5, 5.41) is 0. The number of rotatable bonds is 3. The summed E-state index contributed by atoms with van der Waals surface area (Å²) in [6.07, 6.45) is 5.00. The number of hydrogen-bond donors (Lipinski definition) is 1. The lowest BCUT2D eigenvalue weighted by atomic mass is 9.64. The zero-order chi connectivity index (χ0) is 14.2. The number of hydrogen-bond acceptors (Lipinski definition) is 2. The number of urea groups is 1. The maximum absolute atomic E-state index is 12.1. The number of amidine groups is 1. The molecule has 0 saturated heterocycles. The standard InChI is InChI=1S/C15H25N3O/c1-5-8-18-14(19)17-13(16)15(18)9-11(4)6-7-12(15)10(2)3/h5,10-12H,1,6-9H2,2-4H3,(H2,16,17,19). The minimum absolute atomic E-state index is 0.197. The van der Waals surface area contributed by atoms with Gasteiger partial charge in [-0.05, 0) is 30.6 Å². The minimum Gasteiger partial charge on any atom is -0.385 e. The molecule has 1 aliphatic heterocycles. The Morgan fingerprint density at radius 3 is 2.84 bits per heavy atom. The van der Waals surface area contributed by atoms with E-state index in [1.165, 1.54) is 6.42 Å². The van der Waals surface area contributed by atoms with Crippen LogP contribution >= 0.6 is 0 Å². The van der Waals surface area contributed by atoms with E-state index >= 15 is 0 Å². The largest absolute Gasteiger partial charge is 0.385 e. The van der Waals surface area contributed by atoms with Crippen molar-refractivity contribution in [2.45, 2.75) is 45.6 Å². The number of carbonyl (C=O) groups is 1. The molecule has 1 fully saturated rings. The van der Waals surface area contributed by atoms with Crippen LogP contribution in [0.15, 0.2) is 17.6 Å². The monoisotopic (exact) mass is 263 g/mol. The van der Waals surface area contributed by atoms with Crippen LogP contribution in [0.5, 0.6) is 0 Å². The van der Waals surface area contributed by atoms with Gasteiger partial charge in [-0.1, -0.05) is 33.3 Å². The molecule has 0 aromatic rings. The molecule has 2 amide bonds. The van der Waals surface area contributed by atoms with Gasteiger partial charge in [-0.2, -0.15) is 4.99 Å². The lowest BCUT2D eigenvalue weighted by Gasteiger charge is -2.50. The van der Waals surface area contributed by atoms with E-state index < -0.39 is 0 Å². The Labute approximate surface area is 115 Å². The van der Waals surface area contributed by atoms with Crippen molar-refractivity contribution in [3.8, 4) is 0 Å². The zero-order valence-electron chi connectivity index (χ0n) is 12.2. The fourth-order valence-corrected chi connectivity index (χ4v) is 3.92. The van der Waals surface area contributed by atoms with Crippen LogP contribution in [-0.4, -0.2) is 28.9 Å². The number of aliphatic imine (C=N–C) groups is 1. The summed E-state index contributed by atoms with van der Waals surface area (Å²) >= 11 is 0. The molecule has 4 nitrogen and oxygen atoms in total. The summed E-state index contributed by atoms with van der Waals surface area (Å²) in [4.78, 5) is 18.0. The SMILES string of the molecule is C=CCN1C(=O)N=C(N)C12CC(C)CCC2C(C)C. The summed E-state index contributed by atoms with van der Waals surface area (Å²) in [5.41, 5.74) is 5.82. The Balaban J connectivity index is 2.46. The highest BCUT2D eigenvalue weighted by molar-refractivity contribution is 6.06. The smallest absolute Gasteiger partial charge is 0.346 e. The average molecular weight is 263 g/mol. The van der Waals surface area contributed by atoms with Crippen molar-refractivity contribution < 1.29 is 4.79 Å². The molecule has 0 bridgehead atoms. The first kappa shape index (κ1) is 14.1. The fraction of sp³-hybridized carbons (Fsp3) is 0.733. The Morgan fingerprint density at radius 1 is 1.58 bits per heavy atom. The highest BCUT2D eigenvalue weighted by Gasteiger charge is 2.55. The van der Waals surface area contributed by atoms with E-state index in [-0.39, 0.29) is 11.6 Å². The summed E-state index contributed by atoms with van der Waals surface area (Å²) in [6.45, 7) is 11.0. The van der Waals surface area contributed by atoms with Crippen LogP contribution < -0.4 is 5.73 Å². The number of amides is 2. The van der Waals surface area contributed by atoms with E-state index in [1.54, 1.807) is 6.08 Å². The van der Waals surface area contributed by atoms with Crippen molar-refractivity contribution in [1.29, 1.82) is 0 Å². The van der Waals surface area contributed by atoms with Gasteiger partial charge in [0.15, 0.2) is 0 Å². The number of nitrogens with two attached hydrogens (primary N) is 1. The average Bonchev–Trinajstić information content (AvgIpc) is 2.54. The third-order valence-corrected chi connectivity index (χ3v) is 4.73. The van der Waals surface area contributed by atoms with E-state index in [2.05, 4.69) is 32.3 Å². The zero-order valence-corrected chi connectivity index (χ0v) is 12.2. The van der Waals surface area contributed by atoms with Crippen LogP contribution in [0.25, 0.3) is 0 Å². The van der Waals surface area contributed by atoms with Crippen LogP contribution in [0.4, 0.5) is 4.79 Å². The van der Waals surface area contributed by atoms with E-state index in [0.717, 1.165) is 12.8 Å². The fourth-order valence-electron chi connectivity index (χ4n) is 3.92. The first-order valence-corrected chi connectivity index (χ1v) is 7.20. The van der Waals surface area contributed by atoms with Gasteiger partial charge in [0.05, 0.1) is 0 Å². The van der Waals surface area contributed by atoms with Gasteiger partial charge in [-0.15, -0.1) is 6.58 Å². The van der Waals surface area contributed by atoms with Crippen LogP contribution in [0.2, 0.25) is 0 Å². The molecule has 106 valence electrons. The lowest BCUT2D eigenvalue weighted by Crippen LogP contribution is -2.62. The molecular weight excluding hydrogens is 238 g/mol. The van der Waals surface area contributed by atoms with E-state index in [0.29, 0.717) is 30.1 Å². The molecule has 1 aliphatic carbocycles. The topological polar surface area (TPSA) is 58.7 Å². The normalized spacial score (nSPS) is 35.1. The van der Waals surface area contributed by atoms with Crippen LogP contribution in [0, 0.1) is 17.8 Å². The van der Waals surface area contributed by atoms with Crippen molar-refractivity contribution >= 4 is 11.9 Å². The van der Waals surface area contributed by atoms with Crippen LogP contribution in [-0.2, 0) is 0 Å². The molecule has 2 N–H and O–H groups in total.